The molecule has 0 heterocycles. The highest BCUT2D eigenvalue weighted by atomic mass is 19.2. The summed E-state index contributed by atoms with van der Waals surface area (Å²) in [6.45, 7) is -0.383. The SMILES string of the molecule is CNCC(=O)NCC(=O)Nc1ccc(F)c(F)c1F. The Bertz CT molecular complexity index is 494. The van der Waals surface area contributed by atoms with Crippen LogP contribution < -0.4 is 16.0 Å². The zero-order chi connectivity index (χ0) is 14.4. The molecule has 0 aliphatic heterocycles. The molecule has 0 saturated carbocycles. The molecule has 0 aromatic heterocycles. The van der Waals surface area contributed by atoms with Gasteiger partial charge in [0.1, 0.15) is 0 Å². The normalized spacial score (nSPS) is 10.1. The lowest BCUT2D eigenvalue weighted by Crippen LogP contribution is -2.37. The van der Waals surface area contributed by atoms with E-state index in [-0.39, 0.29) is 6.54 Å². The van der Waals surface area contributed by atoms with Gasteiger partial charge in [-0.05, 0) is 19.2 Å². The first-order chi connectivity index (χ1) is 8.95. The number of amides is 2. The van der Waals surface area contributed by atoms with Crippen LogP contribution in [-0.4, -0.2) is 32.0 Å². The number of carbonyl (C=O) groups excluding carboxylic acids is 2. The highest BCUT2D eigenvalue weighted by molar-refractivity contribution is 5.94. The number of benzene rings is 1. The Morgan fingerprint density at radius 2 is 1.74 bits per heavy atom. The molecule has 0 aliphatic rings. The molecule has 0 unspecified atom stereocenters. The Morgan fingerprint density at radius 3 is 2.37 bits per heavy atom. The average Bonchev–Trinajstić information content (AvgIpc) is 2.37. The molecule has 1 aromatic carbocycles. The highest BCUT2D eigenvalue weighted by Gasteiger charge is 2.15. The number of carbonyl (C=O) groups is 2. The third-order valence-electron chi connectivity index (χ3n) is 2.09. The Balaban J connectivity index is 2.58. The minimum absolute atomic E-state index is 0.0207. The van der Waals surface area contributed by atoms with Crippen molar-refractivity contribution in [1.82, 2.24) is 10.6 Å². The standard InChI is InChI=1S/C11H12F3N3O2/c1-15-4-8(18)16-5-9(19)17-7-3-2-6(12)10(13)11(7)14/h2-3,15H,4-5H2,1H3,(H,16,18)(H,17,19). The lowest BCUT2D eigenvalue weighted by molar-refractivity contribution is -0.123. The number of nitrogens with one attached hydrogen (secondary N) is 3. The largest absolute Gasteiger partial charge is 0.346 e. The van der Waals surface area contributed by atoms with E-state index in [2.05, 4.69) is 10.6 Å². The summed E-state index contributed by atoms with van der Waals surface area (Å²) in [6.07, 6.45) is 0. The van der Waals surface area contributed by atoms with Gasteiger partial charge in [0.05, 0.1) is 18.8 Å². The molecule has 1 aromatic rings. The fourth-order valence-corrected chi connectivity index (χ4v) is 1.22. The van der Waals surface area contributed by atoms with Gasteiger partial charge in [-0.15, -0.1) is 0 Å². The molecule has 3 N–H and O–H groups in total. The van der Waals surface area contributed by atoms with Gasteiger partial charge in [0.15, 0.2) is 17.5 Å². The number of hydrogen-bond donors (Lipinski definition) is 3. The lowest BCUT2D eigenvalue weighted by atomic mass is 10.2. The predicted octanol–water partition coefficient (Wildman–Crippen LogP) is 0.378. The van der Waals surface area contributed by atoms with Crippen LogP contribution in [0.5, 0.6) is 0 Å². The number of anilines is 1. The minimum atomic E-state index is -1.67. The van der Waals surface area contributed by atoms with Crippen molar-refractivity contribution in [2.45, 2.75) is 0 Å². The molecular weight excluding hydrogens is 263 g/mol. The van der Waals surface area contributed by atoms with Gasteiger partial charge in [0.25, 0.3) is 0 Å². The molecule has 0 saturated heterocycles. The second-order valence-corrected chi connectivity index (χ2v) is 3.58. The topological polar surface area (TPSA) is 70.2 Å². The van der Waals surface area contributed by atoms with E-state index in [1.807, 2.05) is 5.32 Å². The van der Waals surface area contributed by atoms with Crippen molar-refractivity contribution in [3.63, 3.8) is 0 Å². The zero-order valence-corrected chi connectivity index (χ0v) is 10.0. The van der Waals surface area contributed by atoms with E-state index >= 15 is 0 Å². The fourth-order valence-electron chi connectivity index (χ4n) is 1.22. The van der Waals surface area contributed by atoms with Gasteiger partial charge in [-0.3, -0.25) is 9.59 Å². The van der Waals surface area contributed by atoms with Crippen LogP contribution in [-0.2, 0) is 9.59 Å². The van der Waals surface area contributed by atoms with Gasteiger partial charge < -0.3 is 16.0 Å². The Kier molecular flexibility index (Phi) is 5.31. The van der Waals surface area contributed by atoms with Gasteiger partial charge in [0, 0.05) is 0 Å². The zero-order valence-electron chi connectivity index (χ0n) is 10.0. The van der Waals surface area contributed by atoms with Crippen LogP contribution in [0.1, 0.15) is 0 Å². The fraction of sp³-hybridized carbons (Fsp3) is 0.273. The van der Waals surface area contributed by atoms with Crippen LogP contribution in [0.25, 0.3) is 0 Å². The van der Waals surface area contributed by atoms with Crippen molar-refractivity contribution in [2.75, 3.05) is 25.5 Å². The summed E-state index contributed by atoms with van der Waals surface area (Å²) >= 11 is 0. The highest BCUT2D eigenvalue weighted by Crippen LogP contribution is 2.19. The summed E-state index contributed by atoms with van der Waals surface area (Å²) in [7, 11) is 1.55. The molecule has 0 radical (unpaired) electrons. The second-order valence-electron chi connectivity index (χ2n) is 3.58. The molecule has 1 rings (SSSR count). The third kappa shape index (κ3) is 4.25. The maximum absolute atomic E-state index is 13.2. The summed E-state index contributed by atoms with van der Waals surface area (Å²) in [5, 5.41) is 6.83. The van der Waals surface area contributed by atoms with E-state index < -0.39 is 41.5 Å². The molecule has 0 fully saturated rings. The maximum atomic E-state index is 13.2. The van der Waals surface area contributed by atoms with Crippen LogP contribution in [0.2, 0.25) is 0 Å². The molecule has 0 atom stereocenters. The van der Waals surface area contributed by atoms with Crippen molar-refractivity contribution in [3.05, 3.63) is 29.6 Å². The summed E-state index contributed by atoms with van der Waals surface area (Å²) in [5.74, 6) is -5.69. The maximum Gasteiger partial charge on any atom is 0.243 e. The number of hydrogen-bond acceptors (Lipinski definition) is 3. The quantitative estimate of drug-likeness (QED) is 0.680. The first kappa shape index (κ1) is 15.0. The van der Waals surface area contributed by atoms with Crippen LogP contribution in [0.4, 0.5) is 18.9 Å². The summed E-state index contributed by atoms with van der Waals surface area (Å²) in [4.78, 5) is 22.4. The van der Waals surface area contributed by atoms with E-state index in [1.165, 1.54) is 0 Å². The van der Waals surface area contributed by atoms with Gasteiger partial charge in [-0.25, -0.2) is 13.2 Å². The predicted molar refractivity (Wildman–Crippen MR) is 61.9 cm³/mol. The number of halogens is 3. The number of likely N-dealkylation sites (N-methyl/N-ethyl adjacent to an activating group) is 1. The minimum Gasteiger partial charge on any atom is -0.346 e. The van der Waals surface area contributed by atoms with Crippen molar-refractivity contribution >= 4 is 17.5 Å². The smallest absolute Gasteiger partial charge is 0.243 e. The van der Waals surface area contributed by atoms with Crippen molar-refractivity contribution in [3.8, 4) is 0 Å². The second kappa shape index (κ2) is 6.74. The third-order valence-corrected chi connectivity index (χ3v) is 2.09. The summed E-state index contributed by atoms with van der Waals surface area (Å²) < 4.78 is 38.7. The van der Waals surface area contributed by atoms with Crippen LogP contribution >= 0.6 is 0 Å². The van der Waals surface area contributed by atoms with E-state index in [4.69, 9.17) is 0 Å². The molecular formula is C11H12F3N3O2. The van der Waals surface area contributed by atoms with Crippen LogP contribution in [0.3, 0.4) is 0 Å². The van der Waals surface area contributed by atoms with E-state index in [9.17, 15) is 22.8 Å². The molecule has 0 spiro atoms. The van der Waals surface area contributed by atoms with E-state index in [0.29, 0.717) is 6.07 Å². The van der Waals surface area contributed by atoms with Gasteiger partial charge >= 0.3 is 0 Å². The first-order valence-electron chi connectivity index (χ1n) is 5.30. The Hall–Kier alpha value is -2.09. The molecule has 8 heteroatoms. The molecule has 19 heavy (non-hydrogen) atoms. The van der Waals surface area contributed by atoms with Gasteiger partial charge in [-0.1, -0.05) is 0 Å². The number of rotatable bonds is 5. The summed E-state index contributed by atoms with van der Waals surface area (Å²) in [6, 6.07) is 1.58. The van der Waals surface area contributed by atoms with Crippen LogP contribution in [0.15, 0.2) is 12.1 Å². The molecule has 0 aliphatic carbocycles. The van der Waals surface area contributed by atoms with E-state index in [0.717, 1.165) is 6.07 Å². The molecule has 104 valence electrons. The van der Waals surface area contributed by atoms with Gasteiger partial charge in [0.2, 0.25) is 11.8 Å². The average molecular weight is 275 g/mol. The molecule has 0 bridgehead atoms. The summed E-state index contributed by atoms with van der Waals surface area (Å²) in [5.41, 5.74) is -0.494. The monoisotopic (exact) mass is 275 g/mol. The lowest BCUT2D eigenvalue weighted by Gasteiger charge is -2.08. The van der Waals surface area contributed by atoms with Crippen molar-refractivity contribution in [1.29, 1.82) is 0 Å². The van der Waals surface area contributed by atoms with Gasteiger partial charge in [-0.2, -0.15) is 0 Å². The van der Waals surface area contributed by atoms with Crippen molar-refractivity contribution < 1.29 is 22.8 Å². The Labute approximate surface area is 107 Å². The van der Waals surface area contributed by atoms with Crippen LogP contribution in [0, 0.1) is 17.5 Å². The first-order valence-corrected chi connectivity index (χ1v) is 5.30. The van der Waals surface area contributed by atoms with Crippen molar-refractivity contribution in [2.24, 2.45) is 0 Å². The van der Waals surface area contributed by atoms with E-state index in [1.54, 1.807) is 7.05 Å². The Morgan fingerprint density at radius 1 is 1.05 bits per heavy atom. The molecule has 2 amide bonds. The molecule has 5 nitrogen and oxygen atoms in total.